The minimum Gasteiger partial charge on any atom is -0.474 e. The Morgan fingerprint density at radius 2 is 1.96 bits per heavy atom. The van der Waals surface area contributed by atoms with Crippen LogP contribution in [0.3, 0.4) is 0 Å². The summed E-state index contributed by atoms with van der Waals surface area (Å²) < 4.78 is 17.1. The number of halogens is 1. The highest BCUT2D eigenvalue weighted by atomic mass is 79.9. The fourth-order valence-corrected chi connectivity index (χ4v) is 2.92. The van der Waals surface area contributed by atoms with Crippen LogP contribution in [-0.2, 0) is 19.0 Å². The number of aliphatic imine (C=N–C) groups is 1. The molecule has 1 aromatic heterocycles. The maximum atomic E-state index is 12.6. The van der Waals surface area contributed by atoms with Crippen LogP contribution < -0.4 is 0 Å². The Hall–Kier alpha value is -2.74. The summed E-state index contributed by atoms with van der Waals surface area (Å²) in [6.45, 7) is 3.22. The van der Waals surface area contributed by atoms with E-state index in [0.717, 1.165) is 4.47 Å². The number of ether oxygens (including phenoxy) is 3. The zero-order valence-corrected chi connectivity index (χ0v) is 17.1. The average molecular weight is 447 g/mol. The Balaban J connectivity index is 1.83. The van der Waals surface area contributed by atoms with Gasteiger partial charge in [-0.2, -0.15) is 0 Å². The van der Waals surface area contributed by atoms with Gasteiger partial charge in [0.25, 0.3) is 0 Å². The van der Waals surface area contributed by atoms with Crippen molar-refractivity contribution in [2.24, 2.45) is 4.99 Å². The molecule has 2 heterocycles. The molecule has 28 heavy (non-hydrogen) atoms. The van der Waals surface area contributed by atoms with Crippen LogP contribution in [0, 0.1) is 6.92 Å². The number of hydrogen-bond donors (Lipinski definition) is 0. The number of carbonyl (C=O) groups is 2. The lowest BCUT2D eigenvalue weighted by atomic mass is 10.0. The number of aromatic nitrogens is 1. The third-order valence-corrected chi connectivity index (χ3v) is 4.71. The highest BCUT2D eigenvalue weighted by molar-refractivity contribution is 9.10. The SMILES string of the molecule is CCOC(=O)[C@@]1(COC(=O)c2cccnc2C)COC(c2ccc(Br)cc2)=N1. The van der Waals surface area contributed by atoms with E-state index >= 15 is 0 Å². The molecule has 0 aliphatic carbocycles. The van der Waals surface area contributed by atoms with Crippen molar-refractivity contribution in [1.29, 1.82) is 0 Å². The summed E-state index contributed by atoms with van der Waals surface area (Å²) in [6, 6.07) is 10.6. The lowest BCUT2D eigenvalue weighted by Gasteiger charge is -2.21. The van der Waals surface area contributed by atoms with Gasteiger partial charge in [-0.1, -0.05) is 15.9 Å². The largest absolute Gasteiger partial charge is 0.474 e. The van der Waals surface area contributed by atoms with Crippen LogP contribution in [0.2, 0.25) is 0 Å². The summed E-state index contributed by atoms with van der Waals surface area (Å²) >= 11 is 3.37. The van der Waals surface area contributed by atoms with Gasteiger partial charge in [-0.3, -0.25) is 4.98 Å². The minimum absolute atomic E-state index is 0.0729. The van der Waals surface area contributed by atoms with E-state index in [1.54, 1.807) is 32.2 Å². The van der Waals surface area contributed by atoms with Gasteiger partial charge >= 0.3 is 11.9 Å². The fraction of sp³-hybridized carbons (Fsp3) is 0.300. The van der Waals surface area contributed by atoms with Crippen molar-refractivity contribution in [1.82, 2.24) is 4.98 Å². The van der Waals surface area contributed by atoms with E-state index in [0.29, 0.717) is 22.7 Å². The molecule has 8 heteroatoms. The molecule has 1 atom stereocenters. The lowest BCUT2D eigenvalue weighted by Crippen LogP contribution is -2.45. The molecule has 0 radical (unpaired) electrons. The quantitative estimate of drug-likeness (QED) is 0.633. The van der Waals surface area contributed by atoms with Gasteiger partial charge in [-0.05, 0) is 50.2 Å². The number of pyridine rings is 1. The summed E-state index contributed by atoms with van der Waals surface area (Å²) in [4.78, 5) is 33.5. The van der Waals surface area contributed by atoms with E-state index in [1.807, 2.05) is 24.3 Å². The molecular formula is C20H19BrN2O5. The van der Waals surface area contributed by atoms with Crippen LogP contribution in [-0.4, -0.2) is 48.2 Å². The van der Waals surface area contributed by atoms with E-state index in [1.165, 1.54) is 0 Å². The Kier molecular flexibility index (Phi) is 6.08. The van der Waals surface area contributed by atoms with Crippen molar-refractivity contribution < 1.29 is 23.8 Å². The Morgan fingerprint density at radius 1 is 1.21 bits per heavy atom. The molecule has 2 aromatic rings. The van der Waals surface area contributed by atoms with Crippen molar-refractivity contribution in [3.63, 3.8) is 0 Å². The van der Waals surface area contributed by atoms with E-state index in [2.05, 4.69) is 25.9 Å². The van der Waals surface area contributed by atoms with Gasteiger partial charge in [0.05, 0.1) is 17.9 Å². The van der Waals surface area contributed by atoms with Crippen LogP contribution in [0.5, 0.6) is 0 Å². The van der Waals surface area contributed by atoms with Crippen LogP contribution in [0.15, 0.2) is 52.1 Å². The molecule has 7 nitrogen and oxygen atoms in total. The van der Waals surface area contributed by atoms with E-state index < -0.39 is 17.5 Å². The van der Waals surface area contributed by atoms with Crippen LogP contribution >= 0.6 is 15.9 Å². The molecular weight excluding hydrogens is 428 g/mol. The zero-order valence-electron chi connectivity index (χ0n) is 15.5. The van der Waals surface area contributed by atoms with Gasteiger partial charge in [-0.25, -0.2) is 14.6 Å². The standard InChI is InChI=1S/C20H19BrN2O5/c1-3-26-19(25)20(12-28-18(24)16-5-4-10-22-13(16)2)11-27-17(23-20)14-6-8-15(21)9-7-14/h4-10H,3,11-12H2,1-2H3/t20-/m0/s1. The fourth-order valence-electron chi connectivity index (χ4n) is 2.65. The number of benzene rings is 1. The van der Waals surface area contributed by atoms with Crippen LogP contribution in [0.1, 0.15) is 28.5 Å². The predicted molar refractivity (Wildman–Crippen MR) is 105 cm³/mol. The van der Waals surface area contributed by atoms with Gasteiger partial charge in [0.1, 0.15) is 13.2 Å². The first-order chi connectivity index (χ1) is 13.4. The lowest BCUT2D eigenvalue weighted by molar-refractivity contribution is -0.151. The van der Waals surface area contributed by atoms with E-state index in [4.69, 9.17) is 14.2 Å². The van der Waals surface area contributed by atoms with E-state index in [-0.39, 0.29) is 19.8 Å². The van der Waals surface area contributed by atoms with Crippen molar-refractivity contribution in [3.05, 3.63) is 63.9 Å². The molecule has 3 rings (SSSR count). The average Bonchev–Trinajstić information content (AvgIpc) is 3.13. The highest BCUT2D eigenvalue weighted by Crippen LogP contribution is 2.25. The molecule has 1 aromatic carbocycles. The van der Waals surface area contributed by atoms with Crippen molar-refractivity contribution in [3.8, 4) is 0 Å². The predicted octanol–water partition coefficient (Wildman–Crippen LogP) is 3.09. The topological polar surface area (TPSA) is 87.1 Å². The van der Waals surface area contributed by atoms with Crippen molar-refractivity contribution in [2.45, 2.75) is 19.4 Å². The van der Waals surface area contributed by atoms with Crippen molar-refractivity contribution in [2.75, 3.05) is 19.8 Å². The maximum Gasteiger partial charge on any atom is 0.341 e. The summed E-state index contributed by atoms with van der Waals surface area (Å²) in [7, 11) is 0. The summed E-state index contributed by atoms with van der Waals surface area (Å²) in [6.07, 6.45) is 1.59. The third kappa shape index (κ3) is 4.22. The normalized spacial score (nSPS) is 18.2. The third-order valence-electron chi connectivity index (χ3n) is 4.18. The number of esters is 2. The number of hydrogen-bond acceptors (Lipinski definition) is 7. The van der Waals surface area contributed by atoms with Gasteiger partial charge in [0.2, 0.25) is 11.4 Å². The van der Waals surface area contributed by atoms with Crippen LogP contribution in [0.25, 0.3) is 0 Å². The molecule has 0 saturated heterocycles. The molecule has 1 aliphatic rings. The van der Waals surface area contributed by atoms with Crippen molar-refractivity contribution >= 4 is 33.8 Å². The molecule has 0 spiro atoms. The molecule has 0 unspecified atom stereocenters. The summed E-state index contributed by atoms with van der Waals surface area (Å²) in [5, 5.41) is 0. The summed E-state index contributed by atoms with van der Waals surface area (Å²) in [5.41, 5.74) is 0.144. The second kappa shape index (κ2) is 8.52. The molecule has 146 valence electrons. The molecule has 0 amide bonds. The number of carbonyl (C=O) groups excluding carboxylic acids is 2. The molecule has 0 fully saturated rings. The Bertz CT molecular complexity index is 913. The number of rotatable bonds is 6. The smallest absolute Gasteiger partial charge is 0.341 e. The Labute approximate surface area is 170 Å². The number of aryl methyl sites for hydroxylation is 1. The summed E-state index contributed by atoms with van der Waals surface area (Å²) in [5.74, 6) is -0.881. The first-order valence-electron chi connectivity index (χ1n) is 8.70. The first-order valence-corrected chi connectivity index (χ1v) is 9.49. The second-order valence-electron chi connectivity index (χ2n) is 6.18. The van der Waals surface area contributed by atoms with E-state index in [9.17, 15) is 9.59 Å². The van der Waals surface area contributed by atoms with Crippen LogP contribution in [0.4, 0.5) is 0 Å². The second-order valence-corrected chi connectivity index (χ2v) is 7.09. The van der Waals surface area contributed by atoms with Gasteiger partial charge in [-0.15, -0.1) is 0 Å². The van der Waals surface area contributed by atoms with Gasteiger partial charge in [0, 0.05) is 16.2 Å². The first kappa shape index (κ1) is 20.0. The van der Waals surface area contributed by atoms with Gasteiger partial charge in [0.15, 0.2) is 0 Å². The molecule has 0 bridgehead atoms. The molecule has 1 aliphatic heterocycles. The monoisotopic (exact) mass is 446 g/mol. The minimum atomic E-state index is -1.44. The van der Waals surface area contributed by atoms with Gasteiger partial charge < -0.3 is 14.2 Å². The highest BCUT2D eigenvalue weighted by Gasteiger charge is 2.47. The molecule has 0 N–H and O–H groups in total. The number of nitrogens with zero attached hydrogens (tertiary/aromatic N) is 2. The molecule has 0 saturated carbocycles. The maximum absolute atomic E-state index is 12.6. The Morgan fingerprint density at radius 3 is 2.64 bits per heavy atom. The zero-order chi connectivity index (χ0) is 20.1.